The van der Waals surface area contributed by atoms with Crippen molar-refractivity contribution in [2.24, 2.45) is 0 Å². The molecule has 0 atom stereocenters. The molecule has 7 heteroatoms. The normalized spacial score (nSPS) is 10.6. The zero-order chi connectivity index (χ0) is 18.0. The first-order valence-corrected chi connectivity index (χ1v) is 7.38. The van der Waals surface area contributed by atoms with Crippen molar-refractivity contribution in [3.63, 3.8) is 0 Å². The fraction of sp³-hybridized carbons (Fsp3) is 0.111. The molecule has 2 aromatic carbocycles. The summed E-state index contributed by atoms with van der Waals surface area (Å²) in [4.78, 5) is 23.0. The fourth-order valence-electron chi connectivity index (χ4n) is 2.47. The smallest absolute Gasteiger partial charge is 0.341 e. The van der Waals surface area contributed by atoms with E-state index in [1.54, 1.807) is 18.2 Å². The summed E-state index contributed by atoms with van der Waals surface area (Å²) < 4.78 is 24.1. The van der Waals surface area contributed by atoms with Crippen molar-refractivity contribution in [3.05, 3.63) is 53.8 Å². The molecule has 3 rings (SSSR count). The first-order chi connectivity index (χ1) is 12.0. The average molecular weight is 343 g/mol. The van der Waals surface area contributed by atoms with E-state index in [0.717, 1.165) is 0 Å². The van der Waals surface area contributed by atoms with Gasteiger partial charge in [0.1, 0.15) is 22.9 Å². The predicted octanol–water partition coefficient (Wildman–Crippen LogP) is 3.06. The zero-order valence-corrected chi connectivity index (χ0v) is 13.2. The number of hydrogen-bond acceptors (Lipinski definition) is 4. The van der Waals surface area contributed by atoms with Gasteiger partial charge in [0.05, 0.1) is 5.56 Å². The number of fused-ring (bicyclic) bond motifs is 1. The van der Waals surface area contributed by atoms with Crippen LogP contribution in [0.5, 0.6) is 5.75 Å². The van der Waals surface area contributed by atoms with Crippen LogP contribution in [0, 0.1) is 5.82 Å². The van der Waals surface area contributed by atoms with E-state index in [1.807, 2.05) is 0 Å². The number of carboxylic acid groups (broad SMARTS) is 1. The second-order valence-corrected chi connectivity index (χ2v) is 5.23. The number of amides is 1. The Bertz CT molecular complexity index is 946. The summed E-state index contributed by atoms with van der Waals surface area (Å²) in [6.45, 7) is -0.497. The topological polar surface area (TPSA) is 88.8 Å². The third-order valence-corrected chi connectivity index (χ3v) is 3.58. The number of carbonyl (C=O) groups excluding carboxylic acids is 1. The van der Waals surface area contributed by atoms with E-state index in [0.29, 0.717) is 28.0 Å². The standard InChI is InChI=1S/C18H14FNO5/c1-20-18(23)16-13-8-12(24-9-15(21)22)6-7-14(13)25-17(16)10-2-4-11(19)5-3-10/h2-8H,9H2,1H3,(H,20,23)(H,21,22). The molecule has 0 spiro atoms. The van der Waals surface area contributed by atoms with Crippen molar-refractivity contribution < 1.29 is 28.2 Å². The fourth-order valence-corrected chi connectivity index (χ4v) is 2.47. The van der Waals surface area contributed by atoms with Gasteiger partial charge in [-0.3, -0.25) is 4.79 Å². The number of ether oxygens (including phenoxy) is 1. The van der Waals surface area contributed by atoms with E-state index in [-0.39, 0.29) is 11.5 Å². The number of benzene rings is 2. The Hall–Kier alpha value is -3.35. The minimum absolute atomic E-state index is 0.268. The molecule has 1 heterocycles. The van der Waals surface area contributed by atoms with Gasteiger partial charge in [-0.2, -0.15) is 0 Å². The molecule has 0 saturated heterocycles. The Morgan fingerprint density at radius 3 is 2.56 bits per heavy atom. The highest BCUT2D eigenvalue weighted by Crippen LogP contribution is 2.35. The molecule has 25 heavy (non-hydrogen) atoms. The predicted molar refractivity (Wildman–Crippen MR) is 88.1 cm³/mol. The van der Waals surface area contributed by atoms with E-state index in [2.05, 4.69) is 5.32 Å². The third kappa shape index (κ3) is 3.30. The summed E-state index contributed by atoms with van der Waals surface area (Å²) in [6, 6.07) is 10.3. The molecule has 0 unspecified atom stereocenters. The van der Waals surface area contributed by atoms with Crippen molar-refractivity contribution in [2.75, 3.05) is 13.7 Å². The Labute approximate surface area is 141 Å². The lowest BCUT2D eigenvalue weighted by molar-refractivity contribution is -0.139. The van der Waals surface area contributed by atoms with Crippen molar-refractivity contribution in [2.45, 2.75) is 0 Å². The lowest BCUT2D eigenvalue weighted by Gasteiger charge is -2.04. The number of carbonyl (C=O) groups is 2. The van der Waals surface area contributed by atoms with Crippen molar-refractivity contribution in [1.29, 1.82) is 0 Å². The van der Waals surface area contributed by atoms with Crippen LogP contribution in [0.4, 0.5) is 4.39 Å². The van der Waals surface area contributed by atoms with Gasteiger partial charge in [0.2, 0.25) is 0 Å². The Kier molecular flexibility index (Phi) is 4.38. The number of nitrogens with one attached hydrogen (secondary N) is 1. The van der Waals surface area contributed by atoms with Gasteiger partial charge in [0.25, 0.3) is 5.91 Å². The highest BCUT2D eigenvalue weighted by Gasteiger charge is 2.22. The lowest BCUT2D eigenvalue weighted by atomic mass is 10.0. The molecule has 2 N–H and O–H groups in total. The van der Waals surface area contributed by atoms with Crippen LogP contribution >= 0.6 is 0 Å². The molecule has 0 bridgehead atoms. The molecule has 0 saturated carbocycles. The van der Waals surface area contributed by atoms with Gasteiger partial charge in [0.15, 0.2) is 6.61 Å². The monoisotopic (exact) mass is 343 g/mol. The average Bonchev–Trinajstić information content (AvgIpc) is 2.98. The van der Waals surface area contributed by atoms with Gasteiger partial charge < -0.3 is 19.6 Å². The van der Waals surface area contributed by atoms with Crippen LogP contribution in [0.3, 0.4) is 0 Å². The number of furan rings is 1. The summed E-state index contributed by atoms with van der Waals surface area (Å²) in [5, 5.41) is 11.7. The minimum atomic E-state index is -1.11. The maximum absolute atomic E-state index is 13.2. The maximum atomic E-state index is 13.2. The van der Waals surface area contributed by atoms with Crippen LogP contribution in [-0.2, 0) is 4.79 Å². The molecule has 6 nitrogen and oxygen atoms in total. The van der Waals surface area contributed by atoms with Crippen molar-refractivity contribution >= 4 is 22.8 Å². The molecule has 0 radical (unpaired) electrons. The number of carboxylic acids is 1. The molecule has 0 aliphatic heterocycles. The van der Waals surface area contributed by atoms with E-state index in [9.17, 15) is 14.0 Å². The van der Waals surface area contributed by atoms with Crippen molar-refractivity contribution in [3.8, 4) is 17.1 Å². The van der Waals surface area contributed by atoms with Crippen LogP contribution in [0.2, 0.25) is 0 Å². The third-order valence-electron chi connectivity index (χ3n) is 3.58. The van der Waals surface area contributed by atoms with E-state index in [4.69, 9.17) is 14.3 Å². The van der Waals surface area contributed by atoms with Gasteiger partial charge in [-0.15, -0.1) is 0 Å². The molecule has 128 valence electrons. The largest absolute Gasteiger partial charge is 0.482 e. The van der Waals surface area contributed by atoms with Crippen molar-refractivity contribution in [1.82, 2.24) is 5.32 Å². The summed E-state index contributed by atoms with van der Waals surface area (Å²) in [5.41, 5.74) is 1.25. The Balaban J connectivity index is 2.15. The quantitative estimate of drug-likeness (QED) is 0.743. The summed E-state index contributed by atoms with van der Waals surface area (Å²) in [6.07, 6.45) is 0. The molecule has 0 fully saturated rings. The SMILES string of the molecule is CNC(=O)c1c(-c2ccc(F)cc2)oc2ccc(OCC(=O)O)cc12. The first kappa shape index (κ1) is 16.5. The molecule has 1 aromatic heterocycles. The van der Waals surface area contributed by atoms with Gasteiger partial charge >= 0.3 is 5.97 Å². The van der Waals surface area contributed by atoms with Crippen LogP contribution < -0.4 is 10.1 Å². The minimum Gasteiger partial charge on any atom is -0.482 e. The first-order valence-electron chi connectivity index (χ1n) is 7.38. The molecular formula is C18H14FNO5. The van der Waals surface area contributed by atoms with Crippen LogP contribution in [0.15, 0.2) is 46.9 Å². The Morgan fingerprint density at radius 2 is 1.92 bits per heavy atom. The summed E-state index contributed by atoms with van der Waals surface area (Å²) in [7, 11) is 1.49. The van der Waals surface area contributed by atoms with E-state index in [1.165, 1.54) is 31.3 Å². The summed E-state index contributed by atoms with van der Waals surface area (Å²) in [5.74, 6) is -1.29. The highest BCUT2D eigenvalue weighted by atomic mass is 19.1. The van der Waals surface area contributed by atoms with Gasteiger partial charge in [-0.25, -0.2) is 9.18 Å². The van der Waals surface area contributed by atoms with E-state index < -0.39 is 18.4 Å². The number of rotatable bonds is 5. The number of halogens is 1. The molecule has 3 aromatic rings. The number of aliphatic carboxylic acids is 1. The zero-order valence-electron chi connectivity index (χ0n) is 13.2. The second-order valence-electron chi connectivity index (χ2n) is 5.23. The summed E-state index contributed by atoms with van der Waals surface area (Å²) >= 11 is 0. The molecule has 1 amide bonds. The van der Waals surface area contributed by atoms with E-state index >= 15 is 0 Å². The lowest BCUT2D eigenvalue weighted by Crippen LogP contribution is -2.18. The molecule has 0 aliphatic rings. The maximum Gasteiger partial charge on any atom is 0.341 e. The van der Waals surface area contributed by atoms with Crippen LogP contribution in [0.1, 0.15) is 10.4 Å². The van der Waals surface area contributed by atoms with Gasteiger partial charge in [-0.05, 0) is 42.5 Å². The van der Waals surface area contributed by atoms with Crippen LogP contribution in [0.25, 0.3) is 22.3 Å². The van der Waals surface area contributed by atoms with Gasteiger partial charge in [-0.1, -0.05) is 0 Å². The van der Waals surface area contributed by atoms with Crippen LogP contribution in [-0.4, -0.2) is 30.6 Å². The Morgan fingerprint density at radius 1 is 1.20 bits per heavy atom. The molecular weight excluding hydrogens is 329 g/mol. The van der Waals surface area contributed by atoms with Gasteiger partial charge in [0, 0.05) is 18.0 Å². The number of hydrogen-bond donors (Lipinski definition) is 2. The second kappa shape index (κ2) is 6.64. The molecule has 0 aliphatic carbocycles. The highest BCUT2D eigenvalue weighted by molar-refractivity contribution is 6.11.